The molecule has 10 nitrogen and oxygen atoms in total. The van der Waals surface area contributed by atoms with Crippen molar-refractivity contribution in [2.24, 2.45) is 0 Å². The highest BCUT2D eigenvalue weighted by molar-refractivity contribution is 5.81. The number of nitrogens with zero attached hydrogens (tertiary/aromatic N) is 2. The number of aromatic nitrogens is 2. The van der Waals surface area contributed by atoms with Crippen LogP contribution in [0, 0.1) is 6.92 Å². The number of aryl methyl sites for hydroxylation is 1. The zero-order valence-electron chi connectivity index (χ0n) is 13.3. The number of aliphatic hydroxyl groups excluding tert-OH is 2. The fraction of sp³-hybridized carbons (Fsp3) is 0.400. The van der Waals surface area contributed by atoms with Gasteiger partial charge in [0.15, 0.2) is 12.3 Å². The molecule has 0 aromatic carbocycles. The zero-order valence-corrected chi connectivity index (χ0v) is 13.3. The van der Waals surface area contributed by atoms with Crippen molar-refractivity contribution in [1.82, 2.24) is 14.9 Å². The van der Waals surface area contributed by atoms with Gasteiger partial charge in [-0.05, 0) is 25.1 Å². The van der Waals surface area contributed by atoms with Crippen LogP contribution in [-0.4, -0.2) is 44.0 Å². The molecule has 2 aromatic heterocycles. The van der Waals surface area contributed by atoms with E-state index in [0.717, 1.165) is 4.57 Å². The van der Waals surface area contributed by atoms with Crippen molar-refractivity contribution in [1.29, 1.82) is 0 Å². The summed E-state index contributed by atoms with van der Waals surface area (Å²) in [6.07, 6.45) is -4.31. The van der Waals surface area contributed by atoms with Gasteiger partial charge < -0.3 is 30.4 Å². The SMILES string of the molecule is Cc1ccc(CNC(=O)[C@H]2O[C@@H](n3ccc(N)nc3=O)[C@H](O)[C@@H]2O)o1. The lowest BCUT2D eigenvalue weighted by Crippen LogP contribution is -2.42. The molecule has 1 saturated heterocycles. The third-order valence-corrected chi connectivity index (χ3v) is 3.86. The van der Waals surface area contributed by atoms with Crippen molar-refractivity contribution in [3.63, 3.8) is 0 Å². The van der Waals surface area contributed by atoms with Crippen LogP contribution in [0.25, 0.3) is 0 Å². The Morgan fingerprint density at radius 2 is 2.12 bits per heavy atom. The fourth-order valence-corrected chi connectivity index (χ4v) is 2.58. The normalized spacial score (nSPS) is 25.9. The van der Waals surface area contributed by atoms with E-state index in [9.17, 15) is 19.8 Å². The van der Waals surface area contributed by atoms with Crippen LogP contribution >= 0.6 is 0 Å². The van der Waals surface area contributed by atoms with Crippen molar-refractivity contribution in [3.8, 4) is 0 Å². The first-order valence-electron chi connectivity index (χ1n) is 7.56. The standard InChI is InChI=1S/C15H18N4O6/c1-7-2-3-8(24-7)6-17-13(22)12-10(20)11(21)14(25-12)19-5-4-9(16)18-15(19)23/h2-5,10-12,14,20-21H,6H2,1H3,(H,17,22)(H2,16,18,23)/t10-,11+,12-,14+/m0/s1. The maximum atomic E-state index is 12.2. The third kappa shape index (κ3) is 3.40. The summed E-state index contributed by atoms with van der Waals surface area (Å²) < 4.78 is 11.7. The highest BCUT2D eigenvalue weighted by Gasteiger charge is 2.47. The summed E-state index contributed by atoms with van der Waals surface area (Å²) in [5.41, 5.74) is 4.65. The molecule has 0 aliphatic carbocycles. The third-order valence-electron chi connectivity index (χ3n) is 3.86. The first-order valence-corrected chi connectivity index (χ1v) is 7.56. The molecule has 0 spiro atoms. The molecule has 0 radical (unpaired) electrons. The topological polar surface area (TPSA) is 153 Å². The molecule has 1 amide bonds. The minimum absolute atomic E-state index is 0.0114. The number of ether oxygens (including phenoxy) is 1. The Labute approximate surface area is 141 Å². The van der Waals surface area contributed by atoms with Crippen LogP contribution in [0.5, 0.6) is 0 Å². The molecule has 134 valence electrons. The van der Waals surface area contributed by atoms with Gasteiger partial charge in [0, 0.05) is 6.20 Å². The van der Waals surface area contributed by atoms with Gasteiger partial charge in [-0.1, -0.05) is 0 Å². The summed E-state index contributed by atoms with van der Waals surface area (Å²) in [4.78, 5) is 27.6. The molecule has 25 heavy (non-hydrogen) atoms. The number of carbonyl (C=O) groups is 1. The Morgan fingerprint density at radius 3 is 2.76 bits per heavy atom. The summed E-state index contributed by atoms with van der Waals surface area (Å²) in [6.45, 7) is 1.87. The number of hydrogen-bond acceptors (Lipinski definition) is 8. The maximum absolute atomic E-state index is 12.2. The average Bonchev–Trinajstić information content (AvgIpc) is 3.10. The molecule has 2 aromatic rings. The molecule has 0 unspecified atom stereocenters. The number of hydrogen-bond donors (Lipinski definition) is 4. The monoisotopic (exact) mass is 350 g/mol. The van der Waals surface area contributed by atoms with Crippen molar-refractivity contribution in [2.75, 3.05) is 5.73 Å². The number of anilines is 1. The van der Waals surface area contributed by atoms with Gasteiger partial charge in [0.25, 0.3) is 5.91 Å². The number of rotatable bonds is 4. The molecule has 1 aliphatic heterocycles. The Hall–Kier alpha value is -2.69. The van der Waals surface area contributed by atoms with Crippen LogP contribution in [0.1, 0.15) is 17.7 Å². The van der Waals surface area contributed by atoms with Gasteiger partial charge in [0.1, 0.15) is 29.5 Å². The van der Waals surface area contributed by atoms with Gasteiger partial charge in [0.2, 0.25) is 0 Å². The van der Waals surface area contributed by atoms with E-state index in [4.69, 9.17) is 14.9 Å². The Bertz CT molecular complexity index is 831. The summed E-state index contributed by atoms with van der Waals surface area (Å²) in [5, 5.41) is 22.8. The number of amides is 1. The smallest absolute Gasteiger partial charge is 0.351 e. The second-order valence-corrected chi connectivity index (χ2v) is 5.70. The highest BCUT2D eigenvalue weighted by Crippen LogP contribution is 2.28. The van der Waals surface area contributed by atoms with Crippen LogP contribution in [-0.2, 0) is 16.1 Å². The molecule has 1 aliphatic rings. The van der Waals surface area contributed by atoms with Gasteiger partial charge in [-0.2, -0.15) is 4.98 Å². The number of carbonyl (C=O) groups excluding carboxylic acids is 1. The fourth-order valence-electron chi connectivity index (χ4n) is 2.58. The summed E-state index contributed by atoms with van der Waals surface area (Å²) in [5.74, 6) is 0.610. The first kappa shape index (κ1) is 17.1. The van der Waals surface area contributed by atoms with Crippen molar-refractivity contribution in [3.05, 3.63) is 46.4 Å². The number of nitrogen functional groups attached to an aromatic ring is 1. The number of furan rings is 1. The van der Waals surface area contributed by atoms with Crippen molar-refractivity contribution >= 4 is 11.7 Å². The van der Waals surface area contributed by atoms with E-state index < -0.39 is 36.1 Å². The Morgan fingerprint density at radius 1 is 1.36 bits per heavy atom. The first-order chi connectivity index (χ1) is 11.9. The van der Waals surface area contributed by atoms with Crippen molar-refractivity contribution < 1.29 is 24.2 Å². The maximum Gasteiger partial charge on any atom is 0.351 e. The van der Waals surface area contributed by atoms with Gasteiger partial charge >= 0.3 is 5.69 Å². The quantitative estimate of drug-likeness (QED) is 0.529. The predicted octanol–water partition coefficient (Wildman–Crippen LogP) is -1.34. The number of nitrogens with one attached hydrogen (secondary N) is 1. The van der Waals surface area contributed by atoms with E-state index in [0.29, 0.717) is 11.5 Å². The van der Waals surface area contributed by atoms with Gasteiger partial charge in [-0.3, -0.25) is 9.36 Å². The lowest BCUT2D eigenvalue weighted by Gasteiger charge is -2.16. The molecule has 4 atom stereocenters. The van der Waals surface area contributed by atoms with E-state index in [1.807, 2.05) is 0 Å². The van der Waals surface area contributed by atoms with Gasteiger partial charge in [-0.15, -0.1) is 0 Å². The average molecular weight is 350 g/mol. The Kier molecular flexibility index (Phi) is 4.57. The molecule has 0 bridgehead atoms. The minimum atomic E-state index is -1.51. The van der Waals surface area contributed by atoms with E-state index in [2.05, 4.69) is 10.3 Å². The highest BCUT2D eigenvalue weighted by atomic mass is 16.6. The van der Waals surface area contributed by atoms with Gasteiger partial charge in [-0.25, -0.2) is 4.79 Å². The van der Waals surface area contributed by atoms with Crippen LogP contribution < -0.4 is 16.7 Å². The largest absolute Gasteiger partial charge is 0.465 e. The molecular formula is C15H18N4O6. The molecule has 3 heterocycles. The zero-order chi connectivity index (χ0) is 18.1. The summed E-state index contributed by atoms with van der Waals surface area (Å²) >= 11 is 0. The lowest BCUT2D eigenvalue weighted by atomic mass is 10.1. The molecule has 3 rings (SSSR count). The van der Waals surface area contributed by atoms with E-state index in [1.165, 1.54) is 12.3 Å². The molecule has 1 fully saturated rings. The molecule has 10 heteroatoms. The van der Waals surface area contributed by atoms with Crippen LogP contribution in [0.15, 0.2) is 33.6 Å². The minimum Gasteiger partial charge on any atom is -0.465 e. The van der Waals surface area contributed by atoms with E-state index in [-0.39, 0.29) is 12.4 Å². The van der Waals surface area contributed by atoms with Crippen molar-refractivity contribution in [2.45, 2.75) is 38.0 Å². The van der Waals surface area contributed by atoms with E-state index >= 15 is 0 Å². The van der Waals surface area contributed by atoms with Gasteiger partial charge in [0.05, 0.1) is 6.54 Å². The molecular weight excluding hydrogens is 332 g/mol. The summed E-state index contributed by atoms with van der Waals surface area (Å²) in [7, 11) is 0. The Balaban J connectivity index is 1.70. The summed E-state index contributed by atoms with van der Waals surface area (Å²) in [6, 6.07) is 4.80. The second kappa shape index (κ2) is 6.67. The van der Waals surface area contributed by atoms with Crippen LogP contribution in [0.2, 0.25) is 0 Å². The predicted molar refractivity (Wildman–Crippen MR) is 84.1 cm³/mol. The second-order valence-electron chi connectivity index (χ2n) is 5.70. The van der Waals surface area contributed by atoms with Crippen LogP contribution in [0.4, 0.5) is 5.82 Å². The van der Waals surface area contributed by atoms with Crippen LogP contribution in [0.3, 0.4) is 0 Å². The van der Waals surface area contributed by atoms with E-state index in [1.54, 1.807) is 19.1 Å². The lowest BCUT2D eigenvalue weighted by molar-refractivity contribution is -0.138. The number of aliphatic hydroxyl groups is 2. The number of nitrogens with two attached hydrogens (primary N) is 1. The molecule has 5 N–H and O–H groups in total. The molecule has 0 saturated carbocycles.